The molecule has 0 aliphatic heterocycles. The van der Waals surface area contributed by atoms with Crippen molar-refractivity contribution in [3.63, 3.8) is 0 Å². The van der Waals surface area contributed by atoms with Gasteiger partial charge in [-0.15, -0.1) is 11.8 Å². The van der Waals surface area contributed by atoms with Crippen LogP contribution in [-0.4, -0.2) is 15.5 Å². The van der Waals surface area contributed by atoms with Crippen molar-refractivity contribution < 1.29 is 0 Å². The van der Waals surface area contributed by atoms with E-state index in [0.29, 0.717) is 15.9 Å². The van der Waals surface area contributed by atoms with Crippen LogP contribution in [0.25, 0.3) is 5.69 Å². The van der Waals surface area contributed by atoms with Crippen molar-refractivity contribution in [3.05, 3.63) is 34.4 Å². The van der Waals surface area contributed by atoms with Gasteiger partial charge in [-0.1, -0.05) is 30.1 Å². The molecule has 3 nitrogen and oxygen atoms in total. The third kappa shape index (κ3) is 2.54. The Hall–Kier alpha value is -0.840. The fourth-order valence-electron chi connectivity index (χ4n) is 1.43. The fourth-order valence-corrected chi connectivity index (χ4v) is 2.39. The highest BCUT2D eigenvalue weighted by atomic mass is 35.5. The predicted octanol–water partition coefficient (Wildman–Crippen LogP) is 3.87. The molecule has 90 valence electrons. The van der Waals surface area contributed by atoms with E-state index in [1.54, 1.807) is 34.8 Å². The van der Waals surface area contributed by atoms with E-state index in [4.69, 9.17) is 28.9 Å². The van der Waals surface area contributed by atoms with Crippen LogP contribution in [0.2, 0.25) is 10.0 Å². The molecule has 0 spiro atoms. The third-order valence-corrected chi connectivity index (χ3v) is 3.87. The summed E-state index contributed by atoms with van der Waals surface area (Å²) in [6.45, 7) is 2.07. The summed E-state index contributed by atoms with van der Waals surface area (Å²) in [5.41, 5.74) is 6.82. The molecular formula is C11H11Cl2N3S. The highest BCUT2D eigenvalue weighted by Crippen LogP contribution is 2.29. The Labute approximate surface area is 114 Å². The second-order valence-corrected chi connectivity index (χ2v) is 5.46. The molecule has 17 heavy (non-hydrogen) atoms. The minimum atomic E-state index is 0.490. The van der Waals surface area contributed by atoms with E-state index >= 15 is 0 Å². The molecule has 0 fully saturated rings. The topological polar surface area (TPSA) is 43.8 Å². The third-order valence-electron chi connectivity index (χ3n) is 2.22. The quantitative estimate of drug-likeness (QED) is 0.872. The first-order valence-corrected chi connectivity index (χ1v) is 6.79. The van der Waals surface area contributed by atoms with E-state index < -0.39 is 0 Å². The lowest BCUT2D eigenvalue weighted by Crippen LogP contribution is -2.02. The number of anilines is 1. The number of hydrogen-bond donors (Lipinski definition) is 1. The summed E-state index contributed by atoms with van der Waals surface area (Å²) < 4.78 is 1.65. The van der Waals surface area contributed by atoms with Gasteiger partial charge in [0.05, 0.1) is 26.8 Å². The van der Waals surface area contributed by atoms with Gasteiger partial charge in [0.1, 0.15) is 5.82 Å². The second kappa shape index (κ2) is 5.21. The molecule has 6 heteroatoms. The molecule has 0 saturated carbocycles. The van der Waals surface area contributed by atoms with E-state index in [-0.39, 0.29) is 0 Å². The first kappa shape index (κ1) is 12.6. The zero-order chi connectivity index (χ0) is 12.4. The van der Waals surface area contributed by atoms with Gasteiger partial charge in [-0.25, -0.2) is 4.68 Å². The summed E-state index contributed by atoms with van der Waals surface area (Å²) in [4.78, 5) is 0.971. The number of nitrogens with zero attached hydrogens (tertiary/aromatic N) is 2. The summed E-state index contributed by atoms with van der Waals surface area (Å²) in [6, 6.07) is 5.30. The van der Waals surface area contributed by atoms with E-state index in [1.807, 2.05) is 6.07 Å². The Kier molecular flexibility index (Phi) is 3.86. The molecule has 0 radical (unpaired) electrons. The largest absolute Gasteiger partial charge is 0.383 e. The van der Waals surface area contributed by atoms with Gasteiger partial charge in [-0.3, -0.25) is 0 Å². The Bertz CT molecular complexity index is 540. The number of thioether (sulfide) groups is 1. The lowest BCUT2D eigenvalue weighted by atomic mass is 10.3. The van der Waals surface area contributed by atoms with Gasteiger partial charge in [0.25, 0.3) is 0 Å². The fraction of sp³-hybridized carbons (Fsp3) is 0.182. The van der Waals surface area contributed by atoms with E-state index in [0.717, 1.165) is 16.3 Å². The molecule has 0 aliphatic carbocycles. The van der Waals surface area contributed by atoms with Crippen molar-refractivity contribution in [2.45, 2.75) is 11.8 Å². The minimum absolute atomic E-state index is 0.490. The zero-order valence-corrected chi connectivity index (χ0v) is 11.5. The standard InChI is InChI=1S/C11H11Cl2N3S/c1-2-17-10-6-15-16(11(10)14)7-3-4-8(12)9(13)5-7/h3-6H,2,14H2,1H3. The molecule has 1 aromatic heterocycles. The average Bonchev–Trinajstić information content (AvgIpc) is 2.66. The van der Waals surface area contributed by atoms with Gasteiger partial charge in [-0.2, -0.15) is 5.10 Å². The number of aromatic nitrogens is 2. The summed E-state index contributed by atoms with van der Waals surface area (Å²) in [6.07, 6.45) is 1.76. The predicted molar refractivity (Wildman–Crippen MR) is 74.4 cm³/mol. The van der Waals surface area contributed by atoms with Gasteiger partial charge in [0, 0.05) is 0 Å². The highest BCUT2D eigenvalue weighted by molar-refractivity contribution is 7.99. The van der Waals surface area contributed by atoms with Crippen LogP contribution < -0.4 is 5.73 Å². The molecule has 0 saturated heterocycles. The Morgan fingerprint density at radius 3 is 2.76 bits per heavy atom. The first-order chi connectivity index (χ1) is 8.13. The Morgan fingerprint density at radius 1 is 1.35 bits per heavy atom. The van der Waals surface area contributed by atoms with Crippen molar-refractivity contribution >= 4 is 40.8 Å². The molecule has 2 rings (SSSR count). The number of nitrogen functional groups attached to an aromatic ring is 1. The normalized spacial score (nSPS) is 10.8. The van der Waals surface area contributed by atoms with E-state index in [1.165, 1.54) is 0 Å². The minimum Gasteiger partial charge on any atom is -0.383 e. The molecule has 0 unspecified atom stereocenters. The summed E-state index contributed by atoms with van der Waals surface area (Å²) in [5, 5.41) is 5.25. The molecule has 0 aliphatic rings. The maximum absolute atomic E-state index is 6.01. The summed E-state index contributed by atoms with van der Waals surface area (Å²) in [7, 11) is 0. The van der Waals surface area contributed by atoms with Gasteiger partial charge in [0.2, 0.25) is 0 Å². The second-order valence-electron chi connectivity index (χ2n) is 3.34. The maximum Gasteiger partial charge on any atom is 0.140 e. The SMILES string of the molecule is CCSc1cnn(-c2ccc(Cl)c(Cl)c2)c1N. The van der Waals surface area contributed by atoms with Crippen LogP contribution in [0.1, 0.15) is 6.92 Å². The Balaban J connectivity index is 2.42. The van der Waals surface area contributed by atoms with Gasteiger partial charge < -0.3 is 5.73 Å². The van der Waals surface area contributed by atoms with Crippen molar-refractivity contribution in [2.24, 2.45) is 0 Å². The Morgan fingerprint density at radius 2 is 2.12 bits per heavy atom. The lowest BCUT2D eigenvalue weighted by Gasteiger charge is -2.06. The monoisotopic (exact) mass is 287 g/mol. The molecule has 0 amide bonds. The van der Waals surface area contributed by atoms with Crippen LogP contribution in [0.4, 0.5) is 5.82 Å². The molecule has 2 N–H and O–H groups in total. The van der Waals surface area contributed by atoms with Crippen molar-refractivity contribution in [2.75, 3.05) is 11.5 Å². The molecule has 0 bridgehead atoms. The van der Waals surface area contributed by atoms with Crippen LogP contribution in [0.5, 0.6) is 0 Å². The zero-order valence-electron chi connectivity index (χ0n) is 9.15. The number of rotatable bonds is 3. The van der Waals surface area contributed by atoms with Gasteiger partial charge in [0.15, 0.2) is 0 Å². The lowest BCUT2D eigenvalue weighted by molar-refractivity contribution is 0.891. The number of hydrogen-bond acceptors (Lipinski definition) is 3. The van der Waals surface area contributed by atoms with Crippen LogP contribution in [0.3, 0.4) is 0 Å². The molecule has 2 aromatic rings. The molecular weight excluding hydrogens is 277 g/mol. The van der Waals surface area contributed by atoms with Gasteiger partial charge >= 0.3 is 0 Å². The highest BCUT2D eigenvalue weighted by Gasteiger charge is 2.10. The molecule has 1 aromatic carbocycles. The summed E-state index contributed by atoms with van der Waals surface area (Å²) >= 11 is 13.5. The molecule has 1 heterocycles. The van der Waals surface area contributed by atoms with Crippen LogP contribution in [0, 0.1) is 0 Å². The van der Waals surface area contributed by atoms with E-state index in [2.05, 4.69) is 12.0 Å². The van der Waals surface area contributed by atoms with Crippen LogP contribution >= 0.6 is 35.0 Å². The van der Waals surface area contributed by atoms with Crippen molar-refractivity contribution in [1.82, 2.24) is 9.78 Å². The van der Waals surface area contributed by atoms with Crippen molar-refractivity contribution in [1.29, 1.82) is 0 Å². The molecule has 0 atom stereocenters. The maximum atomic E-state index is 6.01. The van der Waals surface area contributed by atoms with E-state index in [9.17, 15) is 0 Å². The first-order valence-electron chi connectivity index (χ1n) is 5.05. The number of nitrogens with two attached hydrogens (primary N) is 1. The van der Waals surface area contributed by atoms with Crippen LogP contribution in [0.15, 0.2) is 29.3 Å². The van der Waals surface area contributed by atoms with Crippen molar-refractivity contribution in [3.8, 4) is 5.69 Å². The van der Waals surface area contributed by atoms with Gasteiger partial charge in [-0.05, 0) is 24.0 Å². The number of halogens is 2. The average molecular weight is 288 g/mol. The number of benzene rings is 1. The van der Waals surface area contributed by atoms with Crippen LogP contribution in [-0.2, 0) is 0 Å². The smallest absolute Gasteiger partial charge is 0.140 e. The summed E-state index contributed by atoms with van der Waals surface area (Å²) in [5.74, 6) is 1.58.